The molecule has 0 aliphatic carbocycles. The number of carbonyl (C=O) groups is 2. The fourth-order valence-corrected chi connectivity index (χ4v) is 3.30. The van der Waals surface area contributed by atoms with Crippen LogP contribution in [-0.4, -0.2) is 50.9 Å². The molecule has 134 valence electrons. The molecule has 1 rings (SSSR count). The van der Waals surface area contributed by atoms with Crippen LogP contribution in [0.2, 0.25) is 18.1 Å². The second-order valence-corrected chi connectivity index (χ2v) is 13.8. The molecule has 0 aromatic heterocycles. The maximum Gasteiger partial charge on any atom is 0.410 e. The SMILES string of the molecule is CC(C)(C)OC(=O)N1C[C@@H](CO[Si](C)(C)C(C)(C)C)[C@H](C=O)C1. The van der Waals surface area contributed by atoms with Gasteiger partial charge in [0.1, 0.15) is 11.9 Å². The van der Waals surface area contributed by atoms with E-state index in [0.717, 1.165) is 6.29 Å². The largest absolute Gasteiger partial charge is 0.444 e. The van der Waals surface area contributed by atoms with Crippen LogP contribution in [0.15, 0.2) is 0 Å². The van der Waals surface area contributed by atoms with E-state index in [1.165, 1.54) is 0 Å². The normalized spacial score (nSPS) is 23.0. The number of amides is 1. The van der Waals surface area contributed by atoms with Gasteiger partial charge in [0.25, 0.3) is 0 Å². The van der Waals surface area contributed by atoms with Crippen molar-refractivity contribution in [3.05, 3.63) is 0 Å². The summed E-state index contributed by atoms with van der Waals surface area (Å²) >= 11 is 0. The first-order valence-corrected chi connectivity index (χ1v) is 11.2. The lowest BCUT2D eigenvalue weighted by Gasteiger charge is -2.37. The van der Waals surface area contributed by atoms with Crippen molar-refractivity contribution in [3.8, 4) is 0 Å². The van der Waals surface area contributed by atoms with Crippen LogP contribution in [0.5, 0.6) is 0 Å². The van der Waals surface area contributed by atoms with Gasteiger partial charge in [-0.3, -0.25) is 0 Å². The number of nitrogens with zero attached hydrogens (tertiary/aromatic N) is 1. The molecule has 0 aromatic carbocycles. The molecule has 0 bridgehead atoms. The topological polar surface area (TPSA) is 55.8 Å². The van der Waals surface area contributed by atoms with Crippen molar-refractivity contribution in [2.75, 3.05) is 19.7 Å². The fraction of sp³-hybridized carbons (Fsp3) is 0.882. The highest BCUT2D eigenvalue weighted by molar-refractivity contribution is 6.74. The average Bonchev–Trinajstić information content (AvgIpc) is 2.76. The molecule has 23 heavy (non-hydrogen) atoms. The van der Waals surface area contributed by atoms with E-state index in [4.69, 9.17) is 9.16 Å². The number of likely N-dealkylation sites (tertiary alicyclic amines) is 1. The van der Waals surface area contributed by atoms with Crippen LogP contribution in [0, 0.1) is 11.8 Å². The van der Waals surface area contributed by atoms with Crippen LogP contribution in [0.25, 0.3) is 0 Å². The Morgan fingerprint density at radius 3 is 2.17 bits per heavy atom. The van der Waals surface area contributed by atoms with Gasteiger partial charge in [0.2, 0.25) is 0 Å². The molecule has 2 atom stereocenters. The maximum atomic E-state index is 12.2. The van der Waals surface area contributed by atoms with E-state index in [2.05, 4.69) is 33.9 Å². The summed E-state index contributed by atoms with van der Waals surface area (Å²) in [7, 11) is -1.85. The Balaban J connectivity index is 2.67. The summed E-state index contributed by atoms with van der Waals surface area (Å²) < 4.78 is 11.6. The molecule has 1 heterocycles. The van der Waals surface area contributed by atoms with E-state index in [9.17, 15) is 9.59 Å². The Morgan fingerprint density at radius 1 is 1.17 bits per heavy atom. The summed E-state index contributed by atoms with van der Waals surface area (Å²) in [5.41, 5.74) is -0.524. The van der Waals surface area contributed by atoms with Gasteiger partial charge in [0.05, 0.1) is 0 Å². The van der Waals surface area contributed by atoms with Crippen LogP contribution >= 0.6 is 0 Å². The molecule has 6 heteroatoms. The van der Waals surface area contributed by atoms with Gasteiger partial charge >= 0.3 is 6.09 Å². The molecular formula is C17H33NO4Si. The van der Waals surface area contributed by atoms with Crippen molar-refractivity contribution >= 4 is 20.7 Å². The number of ether oxygens (including phenoxy) is 1. The predicted octanol–water partition coefficient (Wildman–Crippen LogP) is 3.69. The molecule has 0 aromatic rings. The lowest BCUT2D eigenvalue weighted by Crippen LogP contribution is -2.42. The molecule has 0 saturated carbocycles. The Hall–Kier alpha value is -0.883. The minimum absolute atomic E-state index is 0.0501. The highest BCUT2D eigenvalue weighted by atomic mass is 28.4. The van der Waals surface area contributed by atoms with E-state index in [1.54, 1.807) is 4.90 Å². The average molecular weight is 344 g/mol. The summed E-state index contributed by atoms with van der Waals surface area (Å²) in [5, 5.41) is 0.132. The number of aldehydes is 1. The van der Waals surface area contributed by atoms with Crippen molar-refractivity contribution in [1.29, 1.82) is 0 Å². The zero-order chi connectivity index (χ0) is 18.1. The first-order chi connectivity index (χ1) is 10.3. The second kappa shape index (κ2) is 6.93. The standard InChI is InChI=1S/C17H33NO4Si/c1-16(2,3)22-15(20)18-9-13(11-19)14(10-18)12-21-23(7,8)17(4,5)6/h11,13-14H,9-10,12H2,1-8H3/t13-,14-/m0/s1. The Labute approximate surface area is 141 Å². The minimum atomic E-state index is -1.85. The molecule has 0 N–H and O–H groups in total. The first kappa shape index (κ1) is 20.2. The third kappa shape index (κ3) is 5.60. The monoisotopic (exact) mass is 343 g/mol. The number of carbonyl (C=O) groups excluding carboxylic acids is 2. The summed E-state index contributed by atoms with van der Waals surface area (Å²) in [6.45, 7) is 18.0. The van der Waals surface area contributed by atoms with E-state index in [-0.39, 0.29) is 23.0 Å². The molecule has 1 amide bonds. The molecule has 5 nitrogen and oxygen atoms in total. The van der Waals surface area contributed by atoms with E-state index < -0.39 is 13.9 Å². The van der Waals surface area contributed by atoms with Crippen LogP contribution < -0.4 is 0 Å². The highest BCUT2D eigenvalue weighted by Crippen LogP contribution is 2.37. The molecule has 1 aliphatic rings. The van der Waals surface area contributed by atoms with E-state index in [0.29, 0.717) is 19.7 Å². The van der Waals surface area contributed by atoms with Gasteiger partial charge in [-0.1, -0.05) is 20.8 Å². The second-order valence-electron chi connectivity index (χ2n) is 9.02. The number of rotatable bonds is 4. The maximum absolute atomic E-state index is 12.2. The molecule has 1 saturated heterocycles. The van der Waals surface area contributed by atoms with Crippen LogP contribution in [0.4, 0.5) is 4.79 Å². The summed E-state index contributed by atoms with van der Waals surface area (Å²) in [5.74, 6) is -0.124. The van der Waals surface area contributed by atoms with Crippen molar-refractivity contribution < 1.29 is 18.8 Å². The van der Waals surface area contributed by atoms with Gasteiger partial charge in [-0.25, -0.2) is 4.79 Å². The minimum Gasteiger partial charge on any atom is -0.444 e. The third-order valence-corrected chi connectivity index (χ3v) is 9.28. The molecular weight excluding hydrogens is 310 g/mol. The summed E-state index contributed by atoms with van der Waals surface area (Å²) in [6.07, 6.45) is 0.600. The highest BCUT2D eigenvalue weighted by Gasteiger charge is 2.41. The van der Waals surface area contributed by atoms with Gasteiger partial charge in [0.15, 0.2) is 8.32 Å². The Kier molecular flexibility index (Phi) is 6.07. The van der Waals surface area contributed by atoms with E-state index >= 15 is 0 Å². The van der Waals surface area contributed by atoms with Crippen molar-refractivity contribution in [2.45, 2.75) is 65.3 Å². The summed E-state index contributed by atoms with van der Waals surface area (Å²) in [6, 6.07) is 0. The molecule has 1 aliphatic heterocycles. The Morgan fingerprint density at radius 2 is 1.74 bits per heavy atom. The first-order valence-electron chi connectivity index (χ1n) is 8.34. The van der Waals surface area contributed by atoms with Crippen LogP contribution in [0.1, 0.15) is 41.5 Å². The molecule has 0 spiro atoms. The third-order valence-electron chi connectivity index (χ3n) is 4.78. The Bertz CT molecular complexity index is 437. The predicted molar refractivity (Wildman–Crippen MR) is 94.0 cm³/mol. The summed E-state index contributed by atoms with van der Waals surface area (Å²) in [4.78, 5) is 25.2. The quantitative estimate of drug-likeness (QED) is 0.577. The van der Waals surface area contributed by atoms with Gasteiger partial charge in [-0.15, -0.1) is 0 Å². The zero-order valence-corrected chi connectivity index (χ0v) is 16.9. The van der Waals surface area contributed by atoms with Crippen molar-refractivity contribution in [1.82, 2.24) is 4.90 Å². The zero-order valence-electron chi connectivity index (χ0n) is 15.9. The van der Waals surface area contributed by atoms with Gasteiger partial charge in [0, 0.05) is 31.5 Å². The van der Waals surface area contributed by atoms with Crippen LogP contribution in [0.3, 0.4) is 0 Å². The van der Waals surface area contributed by atoms with Gasteiger partial charge in [-0.05, 0) is 38.9 Å². The number of hydrogen-bond acceptors (Lipinski definition) is 4. The lowest BCUT2D eigenvalue weighted by atomic mass is 9.99. The van der Waals surface area contributed by atoms with Crippen molar-refractivity contribution in [2.24, 2.45) is 11.8 Å². The van der Waals surface area contributed by atoms with Gasteiger partial charge in [-0.2, -0.15) is 0 Å². The molecule has 0 radical (unpaired) electrons. The molecule has 1 fully saturated rings. The van der Waals surface area contributed by atoms with Crippen molar-refractivity contribution in [3.63, 3.8) is 0 Å². The van der Waals surface area contributed by atoms with Crippen LogP contribution in [-0.2, 0) is 14.0 Å². The molecule has 0 unspecified atom stereocenters. The van der Waals surface area contributed by atoms with E-state index in [1.807, 2.05) is 20.8 Å². The van der Waals surface area contributed by atoms with Gasteiger partial charge < -0.3 is 18.9 Å². The lowest BCUT2D eigenvalue weighted by molar-refractivity contribution is -0.111. The fourth-order valence-electron chi connectivity index (χ4n) is 2.23. The number of hydrogen-bond donors (Lipinski definition) is 0. The smallest absolute Gasteiger partial charge is 0.410 e.